The van der Waals surface area contributed by atoms with E-state index in [0.717, 1.165) is 30.4 Å². The highest BCUT2D eigenvalue weighted by molar-refractivity contribution is 6.11. The molecule has 0 aromatic heterocycles. The first-order valence-corrected chi connectivity index (χ1v) is 11.0. The van der Waals surface area contributed by atoms with E-state index in [1.807, 2.05) is 26.0 Å². The summed E-state index contributed by atoms with van der Waals surface area (Å²) in [4.78, 5) is 4.42. The van der Waals surface area contributed by atoms with Gasteiger partial charge in [-0.1, -0.05) is 97.2 Å². The van der Waals surface area contributed by atoms with E-state index < -0.39 is 11.2 Å². The molecule has 1 aromatic carbocycles. The van der Waals surface area contributed by atoms with Gasteiger partial charge in [0.15, 0.2) is 0 Å². The number of benzene rings is 1. The van der Waals surface area contributed by atoms with Crippen LogP contribution in [0, 0.1) is 0 Å². The van der Waals surface area contributed by atoms with E-state index in [4.69, 9.17) is 0 Å². The van der Waals surface area contributed by atoms with Crippen molar-refractivity contribution in [1.82, 2.24) is 0 Å². The second-order valence-corrected chi connectivity index (χ2v) is 8.07. The summed E-state index contributed by atoms with van der Waals surface area (Å²) >= 11 is 0. The van der Waals surface area contributed by atoms with Gasteiger partial charge in [-0.15, -0.1) is 0 Å². The van der Waals surface area contributed by atoms with E-state index in [-0.39, 0.29) is 0 Å². The quantitative estimate of drug-likeness (QED) is 0.316. The summed E-state index contributed by atoms with van der Waals surface area (Å²) < 4.78 is 15.4. The van der Waals surface area contributed by atoms with E-state index in [1.165, 1.54) is 24.8 Å². The molecule has 1 nitrogen and oxygen atoms in total. The zero-order valence-corrected chi connectivity index (χ0v) is 18.9. The maximum absolute atomic E-state index is 15.4. The number of halogens is 1. The fraction of sp³-hybridized carbons (Fsp3) is 0.577. The predicted molar refractivity (Wildman–Crippen MR) is 123 cm³/mol. The Labute approximate surface area is 172 Å². The van der Waals surface area contributed by atoms with Crippen LogP contribution in [0.2, 0.25) is 0 Å². The molecule has 0 fully saturated rings. The fourth-order valence-electron chi connectivity index (χ4n) is 3.62. The molecule has 0 saturated heterocycles. The van der Waals surface area contributed by atoms with Gasteiger partial charge in [-0.05, 0) is 43.4 Å². The summed E-state index contributed by atoms with van der Waals surface area (Å²) in [5.41, 5.74) is 3.52. The second-order valence-electron chi connectivity index (χ2n) is 8.07. The molecule has 0 aliphatic carbocycles. The largest absolute Gasteiger partial charge is 0.245 e. The van der Waals surface area contributed by atoms with Crippen LogP contribution in [0.3, 0.4) is 0 Å². The Kier molecular flexibility index (Phi) is 9.85. The zero-order chi connectivity index (χ0) is 21.2. The van der Waals surface area contributed by atoms with Crippen LogP contribution in [0.25, 0.3) is 0 Å². The number of allylic oxidation sites excluding steroid dienone is 3. The standard InChI is InChI=1S/C21H28FN.C5H12/c1-6-9-11-16-13-14-17-18(15-16)20(4,8-3)21(5,22)23-19(17)12-10-7-2;1-3-5-4-2/h7,10,12-15H,2,6,8-9,11H2,1,3-5H3;3-5H2,1-2H3/b12-10-;/t20?,21-;/m1./s1. The molecule has 1 unspecified atom stereocenters. The van der Waals surface area contributed by atoms with E-state index in [9.17, 15) is 0 Å². The van der Waals surface area contributed by atoms with Crippen LogP contribution in [0.15, 0.2) is 48.0 Å². The van der Waals surface area contributed by atoms with Gasteiger partial charge in [-0.2, -0.15) is 0 Å². The van der Waals surface area contributed by atoms with Gasteiger partial charge in [0.25, 0.3) is 0 Å². The lowest BCUT2D eigenvalue weighted by Gasteiger charge is -2.43. The molecule has 0 bridgehead atoms. The normalized spacial score (nSPS) is 23.6. The number of unbranched alkanes of at least 4 members (excludes halogenated alkanes) is 3. The number of alkyl halides is 1. The molecule has 0 spiro atoms. The molecule has 0 radical (unpaired) electrons. The van der Waals surface area contributed by atoms with E-state index in [1.54, 1.807) is 13.0 Å². The number of hydrogen-bond acceptors (Lipinski definition) is 1. The summed E-state index contributed by atoms with van der Waals surface area (Å²) in [5, 5.41) is 0. The van der Waals surface area contributed by atoms with Crippen LogP contribution in [0.5, 0.6) is 0 Å². The third-order valence-electron chi connectivity index (χ3n) is 5.92. The van der Waals surface area contributed by atoms with Gasteiger partial charge in [0, 0.05) is 11.0 Å². The Morgan fingerprint density at radius 1 is 1.04 bits per heavy atom. The maximum Gasteiger partial charge on any atom is 0.207 e. The van der Waals surface area contributed by atoms with Gasteiger partial charge in [-0.3, -0.25) is 0 Å². The Hall–Kier alpha value is -1.70. The van der Waals surface area contributed by atoms with E-state index in [2.05, 4.69) is 50.5 Å². The molecule has 1 aliphatic heterocycles. The molecule has 2 rings (SSSR count). The Balaban J connectivity index is 0.000000696. The molecule has 2 heteroatoms. The first-order chi connectivity index (χ1) is 13.3. The molecule has 0 N–H and O–H groups in total. The van der Waals surface area contributed by atoms with Crippen molar-refractivity contribution in [3.63, 3.8) is 0 Å². The lowest BCUT2D eigenvalue weighted by atomic mass is 9.68. The number of aryl methyl sites for hydroxylation is 1. The van der Waals surface area contributed by atoms with Crippen molar-refractivity contribution < 1.29 is 4.39 Å². The van der Waals surface area contributed by atoms with Gasteiger partial charge < -0.3 is 0 Å². The summed E-state index contributed by atoms with van der Waals surface area (Å²) in [6.07, 6.45) is 13.5. The van der Waals surface area contributed by atoms with Crippen LogP contribution in [0.4, 0.5) is 4.39 Å². The second kappa shape index (κ2) is 11.3. The molecule has 1 aliphatic rings. The van der Waals surface area contributed by atoms with Crippen molar-refractivity contribution in [2.24, 2.45) is 4.99 Å². The third-order valence-corrected chi connectivity index (χ3v) is 5.92. The van der Waals surface area contributed by atoms with Gasteiger partial charge >= 0.3 is 0 Å². The minimum Gasteiger partial charge on any atom is -0.245 e. The molecular formula is C26H40FN. The van der Waals surface area contributed by atoms with Crippen LogP contribution >= 0.6 is 0 Å². The van der Waals surface area contributed by atoms with Crippen LogP contribution < -0.4 is 0 Å². The summed E-state index contributed by atoms with van der Waals surface area (Å²) in [6, 6.07) is 6.46. The smallest absolute Gasteiger partial charge is 0.207 e. The van der Waals surface area contributed by atoms with E-state index in [0.29, 0.717) is 12.1 Å². The molecule has 1 heterocycles. The van der Waals surface area contributed by atoms with Crippen LogP contribution in [0.1, 0.15) is 96.8 Å². The van der Waals surface area contributed by atoms with E-state index >= 15 is 4.39 Å². The molecule has 2 atom stereocenters. The van der Waals surface area contributed by atoms with Crippen molar-refractivity contribution in [2.45, 2.75) is 97.7 Å². The molecular weight excluding hydrogens is 345 g/mol. The van der Waals surface area contributed by atoms with Gasteiger partial charge in [0.05, 0.1) is 5.71 Å². The number of nitrogens with zero attached hydrogens (tertiary/aromatic N) is 1. The van der Waals surface area contributed by atoms with Crippen LogP contribution in [-0.2, 0) is 11.8 Å². The monoisotopic (exact) mass is 385 g/mol. The lowest BCUT2D eigenvalue weighted by Crippen LogP contribution is -2.46. The molecule has 156 valence electrons. The molecule has 0 saturated carbocycles. The van der Waals surface area contributed by atoms with Crippen molar-refractivity contribution >= 4 is 5.71 Å². The zero-order valence-electron chi connectivity index (χ0n) is 18.9. The van der Waals surface area contributed by atoms with Gasteiger partial charge in [0.1, 0.15) is 0 Å². The van der Waals surface area contributed by atoms with Crippen molar-refractivity contribution in [1.29, 1.82) is 0 Å². The van der Waals surface area contributed by atoms with Crippen molar-refractivity contribution in [3.05, 3.63) is 59.7 Å². The number of hydrogen-bond donors (Lipinski definition) is 0. The van der Waals surface area contributed by atoms with Crippen molar-refractivity contribution in [3.8, 4) is 0 Å². The molecule has 28 heavy (non-hydrogen) atoms. The third kappa shape index (κ3) is 5.65. The average molecular weight is 386 g/mol. The SMILES string of the molecule is C=C/C=C\C1=N[C@@](C)(F)C(C)(CC)c2cc(CCCC)ccc21.CCCCC. The first kappa shape index (κ1) is 24.3. The minimum absolute atomic E-state index is 0.601. The van der Waals surface area contributed by atoms with Crippen LogP contribution in [-0.4, -0.2) is 11.5 Å². The van der Waals surface area contributed by atoms with Crippen molar-refractivity contribution in [2.75, 3.05) is 0 Å². The highest BCUT2D eigenvalue weighted by atomic mass is 19.1. The lowest BCUT2D eigenvalue weighted by molar-refractivity contribution is 0.0836. The topological polar surface area (TPSA) is 12.4 Å². The minimum atomic E-state index is -1.61. The maximum atomic E-state index is 15.4. The van der Waals surface area contributed by atoms with Gasteiger partial charge in [-0.25, -0.2) is 9.38 Å². The molecule has 0 amide bonds. The number of fused-ring (bicyclic) bond motifs is 1. The summed E-state index contributed by atoms with van der Waals surface area (Å²) in [6.45, 7) is 15.9. The van der Waals surface area contributed by atoms with Gasteiger partial charge in [0.2, 0.25) is 5.79 Å². The Morgan fingerprint density at radius 3 is 2.18 bits per heavy atom. The highest BCUT2D eigenvalue weighted by Crippen LogP contribution is 2.47. The summed E-state index contributed by atoms with van der Waals surface area (Å²) in [5.74, 6) is -1.61. The first-order valence-electron chi connectivity index (χ1n) is 11.0. The Morgan fingerprint density at radius 2 is 1.68 bits per heavy atom. The number of aliphatic imine (C=N–C) groups is 1. The summed E-state index contributed by atoms with van der Waals surface area (Å²) in [7, 11) is 0. The molecule has 1 aromatic rings. The predicted octanol–water partition coefficient (Wildman–Crippen LogP) is 8.12. The Bertz CT molecular complexity index is 682. The number of rotatable bonds is 8. The fourth-order valence-corrected chi connectivity index (χ4v) is 3.62. The average Bonchev–Trinajstić information content (AvgIpc) is 2.69. The highest BCUT2D eigenvalue weighted by Gasteiger charge is 2.49.